The Morgan fingerprint density at radius 3 is 2.43 bits per heavy atom. The van der Waals surface area contributed by atoms with Gasteiger partial charge < -0.3 is 0 Å². The second kappa shape index (κ2) is 3.79. The van der Waals surface area contributed by atoms with Gasteiger partial charge in [0.15, 0.2) is 0 Å². The number of carbonyl (C=O) groups is 1. The van der Waals surface area contributed by atoms with Crippen LogP contribution in [-0.2, 0) is 13.8 Å². The molecule has 0 aliphatic heterocycles. The summed E-state index contributed by atoms with van der Waals surface area (Å²) in [5.74, 6) is -0.264. The molecule has 0 atom stereocenters. The molecular weight excluding hydrogens is 250 g/mol. The Morgan fingerprint density at radius 2 is 2.07 bits per heavy atom. The maximum atomic E-state index is 10.9. The lowest BCUT2D eigenvalue weighted by atomic mass is 10.6. The molecule has 0 N–H and O–H groups in total. The topological polar surface area (TPSA) is 80.2 Å². The summed E-state index contributed by atoms with van der Waals surface area (Å²) in [4.78, 5) is 12.1. The van der Waals surface area contributed by atoms with Crippen LogP contribution in [0, 0.1) is 0 Å². The highest BCUT2D eigenvalue weighted by Gasteiger charge is 2.19. The lowest BCUT2D eigenvalue weighted by Crippen LogP contribution is -2.22. The largest absolute Gasteiger partial charge is 0.290 e. The van der Waals surface area contributed by atoms with Crippen LogP contribution >= 0.6 is 22.0 Å². The van der Waals surface area contributed by atoms with Crippen LogP contribution in [0.4, 0.5) is 5.13 Å². The Labute approximate surface area is 88.9 Å². The molecule has 1 heterocycles. The molecule has 0 saturated carbocycles. The van der Waals surface area contributed by atoms with Gasteiger partial charge in [0, 0.05) is 24.7 Å². The summed E-state index contributed by atoms with van der Waals surface area (Å²) in [5.41, 5.74) is 0. The molecule has 0 bridgehead atoms. The Balaban J connectivity index is 3.06. The van der Waals surface area contributed by atoms with Gasteiger partial charge >= 0.3 is 0 Å². The average molecular weight is 256 g/mol. The van der Waals surface area contributed by atoms with Gasteiger partial charge in [0.2, 0.25) is 15.4 Å². The molecule has 0 saturated heterocycles. The predicted molar refractivity (Wildman–Crippen MR) is 52.0 cm³/mol. The van der Waals surface area contributed by atoms with Crippen LogP contribution in [-0.4, -0.2) is 31.6 Å². The molecular formula is C5H6ClN3O3S2. The number of amides is 1. The Morgan fingerprint density at radius 1 is 1.50 bits per heavy atom. The van der Waals surface area contributed by atoms with Crippen molar-refractivity contribution in [2.75, 3.05) is 11.9 Å². The van der Waals surface area contributed by atoms with Crippen molar-refractivity contribution in [2.24, 2.45) is 0 Å². The first kappa shape index (κ1) is 11.3. The highest BCUT2D eigenvalue weighted by molar-refractivity contribution is 8.15. The van der Waals surface area contributed by atoms with E-state index >= 15 is 0 Å². The van der Waals surface area contributed by atoms with Crippen molar-refractivity contribution in [2.45, 2.75) is 11.3 Å². The minimum absolute atomic E-state index is 0.191. The van der Waals surface area contributed by atoms with Gasteiger partial charge in [-0.15, -0.1) is 10.2 Å². The summed E-state index contributed by atoms with van der Waals surface area (Å²) in [6.07, 6.45) is 0. The number of halogens is 1. The summed E-state index contributed by atoms with van der Waals surface area (Å²) < 4.78 is 21.3. The van der Waals surface area contributed by atoms with E-state index in [0.717, 1.165) is 11.3 Å². The van der Waals surface area contributed by atoms with Gasteiger partial charge in [-0.05, 0) is 0 Å². The maximum Gasteiger partial charge on any atom is 0.290 e. The van der Waals surface area contributed by atoms with Gasteiger partial charge in [0.05, 0.1) is 0 Å². The number of hydrogen-bond donors (Lipinski definition) is 0. The van der Waals surface area contributed by atoms with E-state index in [1.807, 2.05) is 0 Å². The van der Waals surface area contributed by atoms with Crippen molar-refractivity contribution in [1.82, 2.24) is 10.2 Å². The van der Waals surface area contributed by atoms with E-state index in [4.69, 9.17) is 10.7 Å². The second-order valence-electron chi connectivity index (χ2n) is 2.37. The zero-order chi connectivity index (χ0) is 10.9. The molecule has 1 aromatic heterocycles. The first-order valence-corrected chi connectivity index (χ1v) is 6.47. The van der Waals surface area contributed by atoms with Crippen LogP contribution in [0.5, 0.6) is 0 Å². The fraction of sp³-hybridized carbons (Fsp3) is 0.400. The van der Waals surface area contributed by atoms with Crippen molar-refractivity contribution in [3.63, 3.8) is 0 Å². The fourth-order valence-corrected chi connectivity index (χ4v) is 2.29. The molecule has 0 unspecified atom stereocenters. The number of rotatable bonds is 2. The molecule has 0 aliphatic carbocycles. The number of nitrogens with zero attached hydrogens (tertiary/aromatic N) is 3. The Kier molecular flexibility index (Phi) is 3.07. The van der Waals surface area contributed by atoms with E-state index in [1.54, 1.807) is 0 Å². The summed E-state index contributed by atoms with van der Waals surface area (Å²) in [6.45, 7) is 1.33. The Bertz CT molecular complexity index is 455. The number of anilines is 1. The number of carbonyl (C=O) groups excluding carboxylic acids is 1. The molecule has 9 heteroatoms. The normalized spacial score (nSPS) is 11.4. The third kappa shape index (κ3) is 2.40. The smallest absolute Gasteiger partial charge is 0.290 e. The van der Waals surface area contributed by atoms with Gasteiger partial charge in [0.1, 0.15) is 0 Å². The van der Waals surface area contributed by atoms with Gasteiger partial charge in [-0.3, -0.25) is 9.69 Å². The first-order chi connectivity index (χ1) is 6.32. The van der Waals surface area contributed by atoms with Crippen molar-refractivity contribution in [3.05, 3.63) is 0 Å². The van der Waals surface area contributed by atoms with Crippen molar-refractivity contribution in [1.29, 1.82) is 0 Å². The van der Waals surface area contributed by atoms with E-state index < -0.39 is 9.05 Å². The maximum absolute atomic E-state index is 10.9. The minimum atomic E-state index is -3.86. The minimum Gasteiger partial charge on any atom is -0.290 e. The summed E-state index contributed by atoms with van der Waals surface area (Å²) in [5, 5.41) is 7.05. The average Bonchev–Trinajstić information content (AvgIpc) is 2.49. The molecule has 1 aromatic rings. The third-order valence-corrected chi connectivity index (χ3v) is 4.28. The van der Waals surface area contributed by atoms with Crippen LogP contribution in [0.25, 0.3) is 0 Å². The number of aromatic nitrogens is 2. The quantitative estimate of drug-likeness (QED) is 0.566. The molecule has 1 amide bonds. The van der Waals surface area contributed by atoms with Crippen LogP contribution < -0.4 is 4.90 Å². The first-order valence-electron chi connectivity index (χ1n) is 3.35. The SMILES string of the molecule is CC(=O)N(C)c1nnc(S(=O)(=O)Cl)s1. The molecule has 14 heavy (non-hydrogen) atoms. The van der Waals surface area contributed by atoms with E-state index in [-0.39, 0.29) is 15.4 Å². The van der Waals surface area contributed by atoms with Gasteiger partial charge in [0.25, 0.3) is 9.05 Å². The highest BCUT2D eigenvalue weighted by atomic mass is 35.7. The van der Waals surface area contributed by atoms with E-state index in [9.17, 15) is 13.2 Å². The summed E-state index contributed by atoms with van der Waals surface area (Å²) >= 11 is 0.739. The van der Waals surface area contributed by atoms with Gasteiger partial charge in [-0.2, -0.15) is 0 Å². The lowest BCUT2D eigenvalue weighted by molar-refractivity contribution is -0.116. The molecule has 0 fully saturated rings. The molecule has 0 aliphatic rings. The van der Waals surface area contributed by atoms with Crippen LogP contribution in [0.3, 0.4) is 0 Å². The molecule has 6 nitrogen and oxygen atoms in total. The zero-order valence-corrected chi connectivity index (χ0v) is 9.65. The summed E-state index contributed by atoms with van der Waals surface area (Å²) in [7, 11) is 2.64. The molecule has 1 rings (SSSR count). The zero-order valence-electron chi connectivity index (χ0n) is 7.26. The van der Waals surface area contributed by atoms with E-state index in [1.165, 1.54) is 18.9 Å². The van der Waals surface area contributed by atoms with Crippen molar-refractivity contribution in [3.8, 4) is 0 Å². The second-order valence-corrected chi connectivity index (χ2v) is 6.06. The van der Waals surface area contributed by atoms with Crippen molar-refractivity contribution < 1.29 is 13.2 Å². The molecule has 0 radical (unpaired) electrons. The third-order valence-electron chi connectivity index (χ3n) is 1.36. The van der Waals surface area contributed by atoms with Gasteiger partial charge in [-0.1, -0.05) is 11.3 Å². The predicted octanol–water partition coefficient (Wildman–Crippen LogP) is 0.448. The lowest BCUT2D eigenvalue weighted by Gasteiger charge is -2.07. The van der Waals surface area contributed by atoms with Crippen LogP contribution in [0.15, 0.2) is 4.34 Å². The van der Waals surface area contributed by atoms with E-state index in [0.29, 0.717) is 0 Å². The van der Waals surface area contributed by atoms with E-state index in [2.05, 4.69) is 10.2 Å². The molecule has 78 valence electrons. The molecule has 0 aromatic carbocycles. The number of hydrogen-bond acceptors (Lipinski definition) is 6. The fourth-order valence-electron chi connectivity index (χ4n) is 0.571. The highest BCUT2D eigenvalue weighted by Crippen LogP contribution is 2.24. The van der Waals surface area contributed by atoms with Gasteiger partial charge in [-0.25, -0.2) is 8.42 Å². The Hall–Kier alpha value is -0.730. The van der Waals surface area contributed by atoms with Crippen LogP contribution in [0.1, 0.15) is 6.92 Å². The molecule has 0 spiro atoms. The monoisotopic (exact) mass is 255 g/mol. The van der Waals surface area contributed by atoms with Crippen LogP contribution in [0.2, 0.25) is 0 Å². The standard InChI is InChI=1S/C5H6ClN3O3S2/c1-3(10)9(2)4-7-8-5(13-4)14(6,11)12/h1-2H3. The van der Waals surface area contributed by atoms with Crippen molar-refractivity contribution >= 4 is 42.1 Å². The summed E-state index contributed by atoms with van der Waals surface area (Å²) in [6, 6.07) is 0.